The summed E-state index contributed by atoms with van der Waals surface area (Å²) in [6, 6.07) is 26.0. The first kappa shape index (κ1) is 17.2. The molecular weight excluding hydrogens is 332 g/mol. The Morgan fingerprint density at radius 1 is 0.667 bits per heavy atom. The van der Waals surface area contributed by atoms with Crippen LogP contribution >= 0.6 is 0 Å². The van der Waals surface area contributed by atoms with Crippen LogP contribution in [0, 0.1) is 6.92 Å². The van der Waals surface area contributed by atoms with Crippen molar-refractivity contribution in [2.75, 3.05) is 0 Å². The Balaban J connectivity index is 1.82. The summed E-state index contributed by atoms with van der Waals surface area (Å²) >= 11 is 0. The van der Waals surface area contributed by atoms with Gasteiger partial charge in [0, 0.05) is 11.5 Å². The molecule has 0 aromatic heterocycles. The molecule has 4 aromatic rings. The van der Waals surface area contributed by atoms with Crippen LogP contribution in [0.4, 0.5) is 0 Å². The molecule has 0 amide bonds. The number of phenolic OH excluding ortho intramolecular Hbond substituents is 2. The van der Waals surface area contributed by atoms with E-state index in [1.807, 2.05) is 43.3 Å². The lowest BCUT2D eigenvalue weighted by Crippen LogP contribution is -1.98. The summed E-state index contributed by atoms with van der Waals surface area (Å²) in [6.45, 7) is 4.02. The zero-order valence-electron chi connectivity index (χ0n) is 15.5. The van der Waals surface area contributed by atoms with Crippen molar-refractivity contribution in [3.8, 4) is 22.6 Å². The maximum Gasteiger partial charge on any atom is 0.119 e. The van der Waals surface area contributed by atoms with Crippen LogP contribution in [0.2, 0.25) is 0 Å². The highest BCUT2D eigenvalue weighted by Gasteiger charge is 2.16. The quantitative estimate of drug-likeness (QED) is 0.448. The molecule has 0 heterocycles. The zero-order valence-corrected chi connectivity index (χ0v) is 15.5. The molecule has 27 heavy (non-hydrogen) atoms. The second kappa shape index (κ2) is 6.81. The number of rotatable bonds is 3. The number of fused-ring (bicyclic) bond motifs is 1. The Bertz CT molecular complexity index is 1120. The first-order valence-corrected chi connectivity index (χ1v) is 9.15. The second-order valence-corrected chi connectivity index (χ2v) is 7.06. The third-order valence-electron chi connectivity index (χ3n) is 5.31. The lowest BCUT2D eigenvalue weighted by molar-refractivity contribution is 0.466. The van der Waals surface area contributed by atoms with Crippen LogP contribution in [0.1, 0.15) is 29.5 Å². The van der Waals surface area contributed by atoms with Crippen molar-refractivity contribution in [3.63, 3.8) is 0 Å². The molecule has 0 aliphatic carbocycles. The minimum absolute atomic E-state index is 0.0502. The molecule has 2 nitrogen and oxygen atoms in total. The van der Waals surface area contributed by atoms with Crippen molar-refractivity contribution in [2.45, 2.75) is 19.8 Å². The SMILES string of the molecule is Cc1cc(-c2ccc(O)c(C(C)c3cccc4ccccc34)c2)ccc1O. The number of benzene rings is 4. The number of aryl methyl sites for hydroxylation is 1. The highest BCUT2D eigenvalue weighted by atomic mass is 16.3. The molecule has 134 valence electrons. The normalized spacial score (nSPS) is 12.2. The minimum Gasteiger partial charge on any atom is -0.508 e. The Morgan fingerprint density at radius 2 is 1.33 bits per heavy atom. The summed E-state index contributed by atoms with van der Waals surface area (Å²) in [5.74, 6) is 0.644. The molecule has 1 atom stereocenters. The van der Waals surface area contributed by atoms with E-state index in [4.69, 9.17) is 0 Å². The fourth-order valence-electron chi connectivity index (χ4n) is 3.71. The number of hydrogen-bond donors (Lipinski definition) is 2. The smallest absolute Gasteiger partial charge is 0.119 e. The minimum atomic E-state index is 0.0502. The van der Waals surface area contributed by atoms with E-state index in [9.17, 15) is 10.2 Å². The van der Waals surface area contributed by atoms with E-state index < -0.39 is 0 Å². The highest BCUT2D eigenvalue weighted by molar-refractivity contribution is 5.86. The van der Waals surface area contributed by atoms with Gasteiger partial charge in [-0.15, -0.1) is 0 Å². The lowest BCUT2D eigenvalue weighted by atomic mass is 9.87. The average Bonchev–Trinajstić information content (AvgIpc) is 2.69. The van der Waals surface area contributed by atoms with Gasteiger partial charge >= 0.3 is 0 Å². The Hall–Kier alpha value is -3.26. The van der Waals surface area contributed by atoms with Gasteiger partial charge in [-0.2, -0.15) is 0 Å². The highest BCUT2D eigenvalue weighted by Crippen LogP contribution is 2.37. The number of hydrogen-bond acceptors (Lipinski definition) is 2. The van der Waals surface area contributed by atoms with E-state index in [-0.39, 0.29) is 5.92 Å². The van der Waals surface area contributed by atoms with Crippen LogP contribution in [-0.4, -0.2) is 10.2 Å². The van der Waals surface area contributed by atoms with E-state index in [1.54, 1.807) is 12.1 Å². The van der Waals surface area contributed by atoms with E-state index >= 15 is 0 Å². The second-order valence-electron chi connectivity index (χ2n) is 7.06. The van der Waals surface area contributed by atoms with Crippen LogP contribution in [0.5, 0.6) is 11.5 Å². The van der Waals surface area contributed by atoms with Crippen LogP contribution in [0.25, 0.3) is 21.9 Å². The van der Waals surface area contributed by atoms with Crippen LogP contribution < -0.4 is 0 Å². The predicted molar refractivity (Wildman–Crippen MR) is 111 cm³/mol. The average molecular weight is 354 g/mol. The third-order valence-corrected chi connectivity index (χ3v) is 5.31. The summed E-state index contributed by atoms with van der Waals surface area (Å²) in [6.07, 6.45) is 0. The van der Waals surface area contributed by atoms with Gasteiger partial charge < -0.3 is 10.2 Å². The van der Waals surface area contributed by atoms with Crippen LogP contribution in [0.15, 0.2) is 78.9 Å². The Morgan fingerprint density at radius 3 is 2.11 bits per heavy atom. The number of phenols is 2. The molecule has 0 fully saturated rings. The molecule has 0 spiro atoms. The zero-order chi connectivity index (χ0) is 19.0. The van der Waals surface area contributed by atoms with Crippen molar-refractivity contribution in [1.29, 1.82) is 0 Å². The molecule has 0 aliphatic heterocycles. The summed E-state index contributed by atoms with van der Waals surface area (Å²) in [5, 5.41) is 22.7. The van der Waals surface area contributed by atoms with Crippen LogP contribution in [-0.2, 0) is 0 Å². The molecule has 4 rings (SSSR count). The third kappa shape index (κ3) is 3.15. The van der Waals surface area contributed by atoms with E-state index in [0.717, 1.165) is 22.3 Å². The summed E-state index contributed by atoms with van der Waals surface area (Å²) in [5.41, 5.74) is 4.98. The summed E-state index contributed by atoms with van der Waals surface area (Å²) < 4.78 is 0. The standard InChI is InChI=1S/C25H22O2/c1-16-14-19(10-12-24(16)26)20-11-13-25(27)23(15-20)17(2)21-9-5-7-18-6-3-4-8-22(18)21/h3-15,17,26-27H,1-2H3. The maximum atomic E-state index is 10.5. The van der Waals surface area contributed by atoms with Gasteiger partial charge in [-0.05, 0) is 64.2 Å². The van der Waals surface area contributed by atoms with Gasteiger partial charge in [0.05, 0.1) is 0 Å². The maximum absolute atomic E-state index is 10.5. The monoisotopic (exact) mass is 354 g/mol. The predicted octanol–water partition coefficient (Wildman–Crippen LogP) is 6.38. The van der Waals surface area contributed by atoms with Gasteiger partial charge in [0.15, 0.2) is 0 Å². The molecule has 0 aliphatic rings. The molecule has 0 saturated heterocycles. The molecule has 1 unspecified atom stereocenters. The topological polar surface area (TPSA) is 40.5 Å². The van der Waals surface area contributed by atoms with Crippen molar-refractivity contribution in [2.24, 2.45) is 0 Å². The molecule has 0 bridgehead atoms. The molecule has 0 radical (unpaired) electrons. The summed E-state index contributed by atoms with van der Waals surface area (Å²) in [7, 11) is 0. The Labute approximate surface area is 159 Å². The van der Waals surface area contributed by atoms with Crippen molar-refractivity contribution in [1.82, 2.24) is 0 Å². The van der Waals surface area contributed by atoms with Crippen molar-refractivity contribution < 1.29 is 10.2 Å². The van der Waals surface area contributed by atoms with Crippen molar-refractivity contribution >= 4 is 10.8 Å². The molecular formula is C25H22O2. The van der Waals surface area contributed by atoms with Crippen LogP contribution in [0.3, 0.4) is 0 Å². The van der Waals surface area contributed by atoms with Crippen molar-refractivity contribution in [3.05, 3.63) is 95.6 Å². The van der Waals surface area contributed by atoms with Gasteiger partial charge in [0.1, 0.15) is 11.5 Å². The molecule has 2 N–H and O–H groups in total. The molecule has 0 saturated carbocycles. The van der Waals surface area contributed by atoms with Gasteiger partial charge in [-0.3, -0.25) is 0 Å². The Kier molecular flexibility index (Phi) is 4.33. The molecule has 2 heteroatoms. The fourth-order valence-corrected chi connectivity index (χ4v) is 3.71. The molecule has 4 aromatic carbocycles. The van der Waals surface area contributed by atoms with E-state index in [1.165, 1.54) is 16.3 Å². The van der Waals surface area contributed by atoms with Gasteiger partial charge in [0.25, 0.3) is 0 Å². The summed E-state index contributed by atoms with van der Waals surface area (Å²) in [4.78, 5) is 0. The first-order valence-electron chi connectivity index (χ1n) is 9.15. The van der Waals surface area contributed by atoms with E-state index in [2.05, 4.69) is 37.3 Å². The number of aromatic hydroxyl groups is 2. The first-order chi connectivity index (χ1) is 13.0. The van der Waals surface area contributed by atoms with Gasteiger partial charge in [0.2, 0.25) is 0 Å². The largest absolute Gasteiger partial charge is 0.508 e. The van der Waals surface area contributed by atoms with Gasteiger partial charge in [-0.25, -0.2) is 0 Å². The fraction of sp³-hybridized carbons (Fsp3) is 0.120. The lowest BCUT2D eigenvalue weighted by Gasteiger charge is -2.18. The van der Waals surface area contributed by atoms with E-state index in [0.29, 0.717) is 11.5 Å². The van der Waals surface area contributed by atoms with Gasteiger partial charge in [-0.1, -0.05) is 61.5 Å².